The van der Waals surface area contributed by atoms with Gasteiger partial charge in [-0.15, -0.1) is 4.83 Å². The van der Waals surface area contributed by atoms with E-state index in [1.54, 1.807) is 0 Å². The lowest BCUT2D eigenvalue weighted by Crippen LogP contribution is -2.41. The number of sulfonamides is 1. The molecular weight excluding hydrogens is 381 g/mol. The quantitative estimate of drug-likeness (QED) is 0.601. The predicted molar refractivity (Wildman–Crippen MR) is 87.3 cm³/mol. The first-order chi connectivity index (χ1) is 11.2. The highest BCUT2D eigenvalue weighted by atomic mass is 35.5. The average molecular weight is 390 g/mol. The smallest absolute Gasteiger partial charge is 0.269 e. The molecule has 2 N–H and O–H groups in total. The van der Waals surface area contributed by atoms with Crippen LogP contribution in [0, 0.1) is 10.1 Å². The van der Waals surface area contributed by atoms with E-state index < -0.39 is 20.9 Å². The molecule has 0 aliphatic rings. The number of carbonyl (C=O) groups is 1. The number of rotatable bonds is 5. The summed E-state index contributed by atoms with van der Waals surface area (Å²) in [5.74, 6) is -0.799. The van der Waals surface area contributed by atoms with E-state index in [4.69, 9.17) is 23.2 Å². The molecule has 0 unspecified atom stereocenters. The van der Waals surface area contributed by atoms with Crippen LogP contribution in [0.2, 0.25) is 10.0 Å². The third kappa shape index (κ3) is 4.01. The zero-order chi connectivity index (χ0) is 17.9. The van der Waals surface area contributed by atoms with Crippen LogP contribution in [-0.2, 0) is 10.0 Å². The van der Waals surface area contributed by atoms with E-state index in [1.165, 1.54) is 30.3 Å². The third-order valence-corrected chi connectivity index (χ3v) is 5.07. The summed E-state index contributed by atoms with van der Waals surface area (Å²) in [7, 11) is -4.14. The van der Waals surface area contributed by atoms with Crippen molar-refractivity contribution in [3.63, 3.8) is 0 Å². The number of nitro benzene ring substituents is 1. The fourth-order valence-electron chi connectivity index (χ4n) is 1.67. The number of hydrogen-bond acceptors (Lipinski definition) is 5. The molecular formula is C13H9Cl2N3O5S. The van der Waals surface area contributed by atoms with Gasteiger partial charge in [0.25, 0.3) is 21.6 Å². The highest BCUT2D eigenvalue weighted by Crippen LogP contribution is 2.28. The summed E-state index contributed by atoms with van der Waals surface area (Å²) >= 11 is 11.6. The summed E-state index contributed by atoms with van der Waals surface area (Å²) in [5, 5.41) is 10.4. The van der Waals surface area contributed by atoms with E-state index in [9.17, 15) is 23.3 Å². The Morgan fingerprint density at radius 1 is 1.08 bits per heavy atom. The summed E-state index contributed by atoms with van der Waals surface area (Å²) in [5.41, 5.74) is 1.82. The van der Waals surface area contributed by atoms with Gasteiger partial charge in [0.2, 0.25) is 0 Å². The van der Waals surface area contributed by atoms with Gasteiger partial charge in [-0.25, -0.2) is 8.42 Å². The Morgan fingerprint density at radius 2 is 1.71 bits per heavy atom. The van der Waals surface area contributed by atoms with Gasteiger partial charge >= 0.3 is 0 Å². The Morgan fingerprint density at radius 3 is 2.29 bits per heavy atom. The molecule has 126 valence electrons. The van der Waals surface area contributed by atoms with Gasteiger partial charge < -0.3 is 0 Å². The second kappa shape index (κ2) is 7.14. The van der Waals surface area contributed by atoms with Gasteiger partial charge in [0.1, 0.15) is 4.90 Å². The summed E-state index contributed by atoms with van der Waals surface area (Å²) < 4.78 is 24.3. The maximum Gasteiger partial charge on any atom is 0.269 e. The van der Waals surface area contributed by atoms with Crippen LogP contribution in [0.15, 0.2) is 47.4 Å². The number of nitrogens with one attached hydrogen (secondary N) is 2. The Balaban J connectivity index is 2.13. The maximum atomic E-state index is 12.1. The van der Waals surface area contributed by atoms with E-state index in [-0.39, 0.29) is 26.2 Å². The van der Waals surface area contributed by atoms with Crippen LogP contribution < -0.4 is 10.3 Å². The van der Waals surface area contributed by atoms with Crippen LogP contribution in [0.4, 0.5) is 5.69 Å². The SMILES string of the molecule is O=C(NNS(=O)(=O)c1cccc(Cl)c1Cl)c1ccc([N+](=O)[O-])cc1. The fourth-order valence-corrected chi connectivity index (χ4v) is 3.27. The molecule has 0 bridgehead atoms. The Hall–Kier alpha value is -2.20. The molecule has 0 aliphatic carbocycles. The molecule has 2 aromatic rings. The van der Waals surface area contributed by atoms with Gasteiger partial charge in [0.15, 0.2) is 0 Å². The number of amides is 1. The molecule has 11 heteroatoms. The second-order valence-corrected chi connectivity index (χ2v) is 6.85. The van der Waals surface area contributed by atoms with Crippen molar-refractivity contribution < 1.29 is 18.1 Å². The van der Waals surface area contributed by atoms with Crippen molar-refractivity contribution in [2.24, 2.45) is 0 Å². The van der Waals surface area contributed by atoms with Gasteiger partial charge in [-0.1, -0.05) is 29.3 Å². The van der Waals surface area contributed by atoms with Crippen LogP contribution in [0.25, 0.3) is 0 Å². The number of nitrogens with zero attached hydrogens (tertiary/aromatic N) is 1. The van der Waals surface area contributed by atoms with E-state index in [0.29, 0.717) is 0 Å². The maximum absolute atomic E-state index is 12.1. The van der Waals surface area contributed by atoms with Gasteiger partial charge in [0, 0.05) is 17.7 Å². The highest BCUT2D eigenvalue weighted by molar-refractivity contribution is 7.89. The van der Waals surface area contributed by atoms with Gasteiger partial charge in [0.05, 0.1) is 15.0 Å². The van der Waals surface area contributed by atoms with Crippen molar-refractivity contribution in [3.8, 4) is 0 Å². The second-order valence-electron chi connectivity index (χ2n) is 4.42. The molecule has 2 aromatic carbocycles. The molecule has 0 spiro atoms. The molecule has 0 atom stereocenters. The average Bonchev–Trinajstić information content (AvgIpc) is 2.55. The molecule has 2 rings (SSSR count). The molecule has 0 saturated carbocycles. The first-order valence-corrected chi connectivity index (χ1v) is 8.47. The van der Waals surface area contributed by atoms with Crippen molar-refractivity contribution in [1.82, 2.24) is 10.3 Å². The number of benzene rings is 2. The first kappa shape index (κ1) is 18.1. The largest absolute Gasteiger partial charge is 0.273 e. The van der Waals surface area contributed by atoms with Crippen LogP contribution in [0.3, 0.4) is 0 Å². The van der Waals surface area contributed by atoms with Gasteiger partial charge in [-0.2, -0.15) is 0 Å². The van der Waals surface area contributed by atoms with Crippen molar-refractivity contribution >= 4 is 44.8 Å². The molecule has 24 heavy (non-hydrogen) atoms. The number of nitro groups is 1. The Kier molecular flexibility index (Phi) is 5.40. The lowest BCUT2D eigenvalue weighted by Gasteiger charge is -2.10. The minimum Gasteiger partial charge on any atom is -0.273 e. The van der Waals surface area contributed by atoms with Crippen molar-refractivity contribution in [2.75, 3.05) is 0 Å². The predicted octanol–water partition coefficient (Wildman–Crippen LogP) is 2.52. The van der Waals surface area contributed by atoms with Crippen molar-refractivity contribution in [3.05, 3.63) is 68.2 Å². The zero-order valence-electron chi connectivity index (χ0n) is 11.7. The first-order valence-electron chi connectivity index (χ1n) is 6.23. The zero-order valence-corrected chi connectivity index (χ0v) is 14.0. The molecule has 0 aromatic heterocycles. The van der Waals surface area contributed by atoms with Crippen LogP contribution in [0.1, 0.15) is 10.4 Å². The lowest BCUT2D eigenvalue weighted by atomic mass is 10.2. The molecule has 0 saturated heterocycles. The summed E-state index contributed by atoms with van der Waals surface area (Å²) in [4.78, 5) is 23.4. The van der Waals surface area contributed by atoms with Crippen LogP contribution >= 0.6 is 23.2 Å². The minimum atomic E-state index is -4.14. The fraction of sp³-hybridized carbons (Fsp3) is 0. The van der Waals surface area contributed by atoms with E-state index in [2.05, 4.69) is 0 Å². The van der Waals surface area contributed by atoms with Crippen LogP contribution in [-0.4, -0.2) is 19.2 Å². The standard InChI is InChI=1S/C13H9Cl2N3O5S/c14-10-2-1-3-11(12(10)15)24(22,23)17-16-13(19)8-4-6-9(7-5-8)18(20)21/h1-7,17H,(H,16,19). The van der Waals surface area contributed by atoms with Gasteiger partial charge in [-0.05, 0) is 24.3 Å². The minimum absolute atomic E-state index is 0.0282. The Labute approximate surface area is 146 Å². The summed E-state index contributed by atoms with van der Waals surface area (Å²) in [6.45, 7) is 0. The van der Waals surface area contributed by atoms with Gasteiger partial charge in [-0.3, -0.25) is 20.3 Å². The highest BCUT2D eigenvalue weighted by Gasteiger charge is 2.20. The third-order valence-electron chi connectivity index (χ3n) is 2.84. The topological polar surface area (TPSA) is 118 Å². The van der Waals surface area contributed by atoms with E-state index in [1.807, 2.05) is 10.3 Å². The summed E-state index contributed by atoms with van der Waals surface area (Å²) in [6.07, 6.45) is 0. The van der Waals surface area contributed by atoms with Crippen molar-refractivity contribution in [2.45, 2.75) is 4.90 Å². The molecule has 8 nitrogen and oxygen atoms in total. The molecule has 0 heterocycles. The molecule has 0 aliphatic heterocycles. The number of hydrogen-bond donors (Lipinski definition) is 2. The monoisotopic (exact) mass is 389 g/mol. The van der Waals surface area contributed by atoms with E-state index >= 15 is 0 Å². The van der Waals surface area contributed by atoms with Crippen molar-refractivity contribution in [1.29, 1.82) is 0 Å². The molecule has 0 radical (unpaired) electrons. The lowest BCUT2D eigenvalue weighted by molar-refractivity contribution is -0.384. The van der Waals surface area contributed by atoms with Crippen LogP contribution in [0.5, 0.6) is 0 Å². The number of halogens is 2. The normalized spacial score (nSPS) is 11.1. The summed E-state index contributed by atoms with van der Waals surface area (Å²) in [6, 6.07) is 8.64. The number of hydrazine groups is 1. The number of carbonyl (C=O) groups excluding carboxylic acids is 1. The molecule has 0 fully saturated rings. The number of non-ortho nitro benzene ring substituents is 1. The Bertz CT molecular complexity index is 900. The molecule has 1 amide bonds. The van der Waals surface area contributed by atoms with E-state index in [0.717, 1.165) is 12.1 Å².